The monoisotopic (exact) mass is 240 g/mol. The van der Waals surface area contributed by atoms with Crippen molar-refractivity contribution in [1.82, 2.24) is 4.90 Å². The Bertz CT molecular complexity index is 320. The summed E-state index contributed by atoms with van der Waals surface area (Å²) in [5, 5.41) is 8.89. The van der Waals surface area contributed by atoms with Gasteiger partial charge in [-0.3, -0.25) is 9.59 Å². The van der Waals surface area contributed by atoms with Crippen molar-refractivity contribution in [2.75, 3.05) is 19.6 Å². The predicted molar refractivity (Wildman–Crippen MR) is 62.3 cm³/mol. The first-order chi connectivity index (χ1) is 8.06. The van der Waals surface area contributed by atoms with Crippen LogP contribution < -0.4 is 5.73 Å². The predicted octanol–water partition coefficient (Wildman–Crippen LogP) is 0.439. The van der Waals surface area contributed by atoms with E-state index in [0.717, 1.165) is 19.3 Å². The van der Waals surface area contributed by atoms with E-state index in [1.54, 1.807) is 4.90 Å². The standard InChI is InChI=1S/C12H20N2O3/c13-8-12(3-1-4-12)6-10(15)14-5-2-9(7-14)11(16)17/h9H,1-8,13H2,(H,16,17). The molecule has 1 aliphatic carbocycles. The van der Waals surface area contributed by atoms with Crippen LogP contribution in [0.1, 0.15) is 32.1 Å². The Hall–Kier alpha value is -1.10. The summed E-state index contributed by atoms with van der Waals surface area (Å²) in [6.45, 7) is 1.51. The van der Waals surface area contributed by atoms with Crippen molar-refractivity contribution in [3.8, 4) is 0 Å². The first kappa shape index (κ1) is 12.4. The molecule has 17 heavy (non-hydrogen) atoms. The van der Waals surface area contributed by atoms with E-state index in [1.807, 2.05) is 0 Å². The zero-order valence-electron chi connectivity index (χ0n) is 10.0. The average molecular weight is 240 g/mol. The lowest BCUT2D eigenvalue weighted by Gasteiger charge is -2.41. The highest BCUT2D eigenvalue weighted by molar-refractivity contribution is 5.79. The van der Waals surface area contributed by atoms with E-state index < -0.39 is 5.97 Å². The second-order valence-electron chi connectivity index (χ2n) is 5.40. The van der Waals surface area contributed by atoms with Gasteiger partial charge >= 0.3 is 5.97 Å². The fourth-order valence-corrected chi connectivity index (χ4v) is 2.75. The normalized spacial score (nSPS) is 26.6. The summed E-state index contributed by atoms with van der Waals surface area (Å²) in [4.78, 5) is 24.6. The summed E-state index contributed by atoms with van der Waals surface area (Å²) in [6.07, 6.45) is 4.30. The number of carboxylic acid groups (broad SMARTS) is 1. The first-order valence-electron chi connectivity index (χ1n) is 6.27. The van der Waals surface area contributed by atoms with E-state index in [-0.39, 0.29) is 17.2 Å². The number of carbonyl (C=O) groups is 2. The van der Waals surface area contributed by atoms with Crippen molar-refractivity contribution >= 4 is 11.9 Å². The van der Waals surface area contributed by atoms with Crippen molar-refractivity contribution < 1.29 is 14.7 Å². The molecular formula is C12H20N2O3. The second-order valence-corrected chi connectivity index (χ2v) is 5.40. The van der Waals surface area contributed by atoms with E-state index in [2.05, 4.69) is 0 Å². The van der Waals surface area contributed by atoms with Gasteiger partial charge in [0.1, 0.15) is 0 Å². The third-order valence-electron chi connectivity index (χ3n) is 4.26. The van der Waals surface area contributed by atoms with Gasteiger partial charge in [-0.25, -0.2) is 0 Å². The summed E-state index contributed by atoms with van der Waals surface area (Å²) < 4.78 is 0. The maximum absolute atomic E-state index is 12.1. The minimum absolute atomic E-state index is 0.0123. The largest absolute Gasteiger partial charge is 0.481 e. The van der Waals surface area contributed by atoms with E-state index in [4.69, 9.17) is 10.8 Å². The minimum Gasteiger partial charge on any atom is -0.481 e. The molecule has 2 fully saturated rings. The lowest BCUT2D eigenvalue weighted by atomic mass is 9.66. The summed E-state index contributed by atoms with van der Waals surface area (Å²) in [5.74, 6) is -1.09. The molecule has 1 heterocycles. The van der Waals surface area contributed by atoms with Crippen LogP contribution in [0.25, 0.3) is 0 Å². The Morgan fingerprint density at radius 3 is 2.53 bits per heavy atom. The van der Waals surface area contributed by atoms with Crippen molar-refractivity contribution in [2.24, 2.45) is 17.1 Å². The van der Waals surface area contributed by atoms with Crippen LogP contribution in [0, 0.1) is 11.3 Å². The number of nitrogens with zero attached hydrogens (tertiary/aromatic N) is 1. The van der Waals surface area contributed by atoms with Crippen molar-refractivity contribution in [3.63, 3.8) is 0 Å². The SMILES string of the molecule is NCC1(CC(=O)N2CCC(C(=O)O)C2)CCC1. The maximum Gasteiger partial charge on any atom is 0.308 e. The number of likely N-dealkylation sites (tertiary alicyclic amines) is 1. The number of rotatable bonds is 4. The van der Waals surface area contributed by atoms with Crippen LogP contribution in [-0.2, 0) is 9.59 Å². The fraction of sp³-hybridized carbons (Fsp3) is 0.833. The van der Waals surface area contributed by atoms with E-state index in [1.165, 1.54) is 0 Å². The average Bonchev–Trinajstić information content (AvgIpc) is 2.72. The number of amides is 1. The first-order valence-corrected chi connectivity index (χ1v) is 6.27. The van der Waals surface area contributed by atoms with Crippen molar-refractivity contribution in [3.05, 3.63) is 0 Å². The topological polar surface area (TPSA) is 83.6 Å². The fourth-order valence-electron chi connectivity index (χ4n) is 2.75. The molecule has 3 N–H and O–H groups in total. The molecule has 1 unspecified atom stereocenters. The number of hydrogen-bond acceptors (Lipinski definition) is 3. The van der Waals surface area contributed by atoms with Gasteiger partial charge in [-0.2, -0.15) is 0 Å². The van der Waals surface area contributed by atoms with Crippen LogP contribution in [0.2, 0.25) is 0 Å². The molecule has 1 saturated carbocycles. The van der Waals surface area contributed by atoms with Gasteiger partial charge in [0.25, 0.3) is 0 Å². The highest BCUT2D eigenvalue weighted by Gasteiger charge is 2.40. The van der Waals surface area contributed by atoms with E-state index in [0.29, 0.717) is 32.5 Å². The van der Waals surface area contributed by atoms with E-state index >= 15 is 0 Å². The molecule has 1 aliphatic heterocycles. The zero-order chi connectivity index (χ0) is 12.5. The highest BCUT2D eigenvalue weighted by atomic mass is 16.4. The van der Waals surface area contributed by atoms with Crippen LogP contribution in [0.3, 0.4) is 0 Å². The second kappa shape index (κ2) is 4.64. The zero-order valence-corrected chi connectivity index (χ0v) is 10.0. The Labute approximate surface area is 101 Å². The summed E-state index contributed by atoms with van der Waals surface area (Å²) in [6, 6.07) is 0. The van der Waals surface area contributed by atoms with Gasteiger partial charge in [0.15, 0.2) is 0 Å². The Balaban J connectivity index is 1.87. The number of hydrogen-bond donors (Lipinski definition) is 2. The van der Waals surface area contributed by atoms with Gasteiger partial charge in [-0.1, -0.05) is 6.42 Å². The molecular weight excluding hydrogens is 220 g/mol. The molecule has 2 rings (SSSR count). The molecule has 0 bridgehead atoms. The summed E-state index contributed by atoms with van der Waals surface area (Å²) >= 11 is 0. The Morgan fingerprint density at radius 2 is 2.12 bits per heavy atom. The van der Waals surface area contributed by atoms with Gasteiger partial charge in [0, 0.05) is 19.5 Å². The smallest absolute Gasteiger partial charge is 0.308 e. The summed E-state index contributed by atoms with van der Waals surface area (Å²) in [5.41, 5.74) is 5.74. The third kappa shape index (κ3) is 2.44. The van der Waals surface area contributed by atoms with Crippen LogP contribution in [0.4, 0.5) is 0 Å². The highest BCUT2D eigenvalue weighted by Crippen LogP contribution is 2.43. The number of carbonyl (C=O) groups excluding carboxylic acids is 1. The van der Waals surface area contributed by atoms with Gasteiger partial charge in [-0.15, -0.1) is 0 Å². The van der Waals surface area contributed by atoms with Crippen LogP contribution in [0.15, 0.2) is 0 Å². The quantitative estimate of drug-likeness (QED) is 0.746. The Kier molecular flexibility index (Phi) is 3.38. The molecule has 0 aromatic heterocycles. The number of aliphatic carboxylic acids is 1. The molecule has 1 saturated heterocycles. The maximum atomic E-state index is 12.1. The molecule has 2 aliphatic rings. The molecule has 0 radical (unpaired) electrons. The third-order valence-corrected chi connectivity index (χ3v) is 4.26. The van der Waals surface area contributed by atoms with Gasteiger partial charge in [0.05, 0.1) is 5.92 Å². The molecule has 0 aromatic carbocycles. The van der Waals surface area contributed by atoms with Crippen molar-refractivity contribution in [2.45, 2.75) is 32.1 Å². The van der Waals surface area contributed by atoms with Gasteiger partial charge < -0.3 is 15.7 Å². The molecule has 96 valence electrons. The Morgan fingerprint density at radius 1 is 1.41 bits per heavy atom. The van der Waals surface area contributed by atoms with Crippen LogP contribution in [0.5, 0.6) is 0 Å². The summed E-state index contributed by atoms with van der Waals surface area (Å²) in [7, 11) is 0. The molecule has 0 aromatic rings. The minimum atomic E-state index is -0.794. The molecule has 5 heteroatoms. The molecule has 1 amide bonds. The molecule has 1 atom stereocenters. The molecule has 5 nitrogen and oxygen atoms in total. The lowest BCUT2D eigenvalue weighted by Crippen LogP contribution is -2.43. The van der Waals surface area contributed by atoms with Gasteiger partial charge in [0.2, 0.25) is 5.91 Å². The lowest BCUT2D eigenvalue weighted by molar-refractivity contribution is -0.141. The van der Waals surface area contributed by atoms with E-state index in [9.17, 15) is 9.59 Å². The van der Waals surface area contributed by atoms with Crippen LogP contribution in [-0.4, -0.2) is 41.5 Å². The number of carboxylic acids is 1. The molecule has 0 spiro atoms. The van der Waals surface area contributed by atoms with Crippen molar-refractivity contribution in [1.29, 1.82) is 0 Å². The van der Waals surface area contributed by atoms with Crippen LogP contribution >= 0.6 is 0 Å². The number of nitrogens with two attached hydrogens (primary N) is 1. The van der Waals surface area contributed by atoms with Gasteiger partial charge in [-0.05, 0) is 31.2 Å².